The van der Waals surface area contributed by atoms with Crippen LogP contribution in [0, 0.1) is 5.92 Å². The van der Waals surface area contributed by atoms with Crippen LogP contribution in [0.2, 0.25) is 0 Å². The third kappa shape index (κ3) is 10.0. The van der Waals surface area contributed by atoms with E-state index >= 15 is 0 Å². The monoisotopic (exact) mass is 200 g/mol. The number of unbranched alkanes of at least 4 members (excludes halogenated alkanes) is 6. The molecule has 0 radical (unpaired) electrons. The zero-order valence-electron chi connectivity index (χ0n) is 10.1. The second-order valence-electron chi connectivity index (χ2n) is 4.50. The average Bonchev–Trinajstić information content (AvgIpc) is 2.21. The molecule has 0 aliphatic carbocycles. The van der Waals surface area contributed by atoms with Gasteiger partial charge in [0.15, 0.2) is 0 Å². The van der Waals surface area contributed by atoms with Crippen molar-refractivity contribution in [3.05, 3.63) is 0 Å². The van der Waals surface area contributed by atoms with E-state index in [1.54, 1.807) is 0 Å². The maximum Gasteiger partial charge on any atom is 0.0431 e. The topological polar surface area (TPSA) is 20.2 Å². The van der Waals surface area contributed by atoms with E-state index in [0.717, 1.165) is 12.3 Å². The van der Waals surface area contributed by atoms with Crippen LogP contribution < -0.4 is 0 Å². The average molecular weight is 200 g/mol. The lowest BCUT2D eigenvalue weighted by Crippen LogP contribution is -1.91. The van der Waals surface area contributed by atoms with E-state index in [2.05, 4.69) is 13.8 Å². The van der Waals surface area contributed by atoms with Gasteiger partial charge in [-0.1, -0.05) is 65.2 Å². The minimum atomic E-state index is 0.369. The smallest absolute Gasteiger partial charge is 0.0431 e. The Morgan fingerprint density at radius 2 is 1.36 bits per heavy atom. The lowest BCUT2D eigenvalue weighted by Gasteiger charge is -2.07. The SMILES string of the molecule is CC[C@@H](C)CCCCCCCCCO. The molecule has 0 saturated heterocycles. The Kier molecular flexibility index (Phi) is 11.0. The van der Waals surface area contributed by atoms with Gasteiger partial charge < -0.3 is 5.11 Å². The Balaban J connectivity index is 2.92. The van der Waals surface area contributed by atoms with Gasteiger partial charge in [-0.3, -0.25) is 0 Å². The summed E-state index contributed by atoms with van der Waals surface area (Å²) < 4.78 is 0. The normalized spacial score (nSPS) is 13.1. The predicted molar refractivity (Wildman–Crippen MR) is 63.5 cm³/mol. The Labute approximate surface area is 89.9 Å². The molecule has 0 bridgehead atoms. The second-order valence-corrected chi connectivity index (χ2v) is 4.50. The van der Waals surface area contributed by atoms with E-state index in [4.69, 9.17) is 5.11 Å². The van der Waals surface area contributed by atoms with Crippen LogP contribution in [0.15, 0.2) is 0 Å². The van der Waals surface area contributed by atoms with E-state index in [1.165, 1.54) is 51.4 Å². The molecule has 1 N–H and O–H groups in total. The maximum absolute atomic E-state index is 8.60. The number of rotatable bonds is 10. The molecule has 0 amide bonds. The van der Waals surface area contributed by atoms with Crippen molar-refractivity contribution in [1.82, 2.24) is 0 Å². The van der Waals surface area contributed by atoms with Crippen LogP contribution in [0.25, 0.3) is 0 Å². The lowest BCUT2D eigenvalue weighted by atomic mass is 10.00. The summed E-state index contributed by atoms with van der Waals surface area (Å²) >= 11 is 0. The summed E-state index contributed by atoms with van der Waals surface area (Å²) in [4.78, 5) is 0. The highest BCUT2D eigenvalue weighted by Gasteiger charge is 1.97. The van der Waals surface area contributed by atoms with Crippen LogP contribution in [0.5, 0.6) is 0 Å². The summed E-state index contributed by atoms with van der Waals surface area (Å²) in [7, 11) is 0. The highest BCUT2D eigenvalue weighted by atomic mass is 16.2. The minimum absolute atomic E-state index is 0.369. The standard InChI is InChI=1S/C13H28O/c1-3-13(2)11-9-7-5-4-6-8-10-12-14/h13-14H,3-12H2,1-2H3/t13-/m1/s1. The van der Waals surface area contributed by atoms with Gasteiger partial charge in [0.2, 0.25) is 0 Å². The first-order valence-corrected chi connectivity index (χ1v) is 6.42. The predicted octanol–water partition coefficient (Wildman–Crippen LogP) is 4.15. The van der Waals surface area contributed by atoms with Crippen molar-refractivity contribution in [2.75, 3.05) is 6.61 Å². The van der Waals surface area contributed by atoms with E-state index in [9.17, 15) is 0 Å². The van der Waals surface area contributed by atoms with Crippen LogP contribution in [-0.2, 0) is 0 Å². The molecule has 0 spiro atoms. The van der Waals surface area contributed by atoms with Crippen molar-refractivity contribution >= 4 is 0 Å². The van der Waals surface area contributed by atoms with Crippen molar-refractivity contribution in [3.63, 3.8) is 0 Å². The third-order valence-electron chi connectivity index (χ3n) is 3.05. The summed E-state index contributed by atoms with van der Waals surface area (Å²) in [5.74, 6) is 0.921. The molecule has 0 heterocycles. The molecule has 0 aromatic heterocycles. The van der Waals surface area contributed by atoms with Crippen LogP contribution >= 0.6 is 0 Å². The molecule has 0 rings (SSSR count). The van der Waals surface area contributed by atoms with Crippen LogP contribution in [0.4, 0.5) is 0 Å². The molecule has 0 aromatic carbocycles. The highest BCUT2D eigenvalue weighted by molar-refractivity contribution is 4.51. The molecular formula is C13H28O. The molecule has 0 unspecified atom stereocenters. The second kappa shape index (κ2) is 11.0. The summed E-state index contributed by atoms with van der Waals surface area (Å²) in [6.45, 7) is 4.99. The number of hydrogen-bond donors (Lipinski definition) is 1. The van der Waals surface area contributed by atoms with Crippen molar-refractivity contribution in [2.24, 2.45) is 5.92 Å². The summed E-state index contributed by atoms with van der Waals surface area (Å²) in [5, 5.41) is 8.60. The number of aliphatic hydroxyl groups excluding tert-OH is 1. The summed E-state index contributed by atoms with van der Waals surface area (Å²) in [5.41, 5.74) is 0. The van der Waals surface area contributed by atoms with Gasteiger partial charge in [0, 0.05) is 6.61 Å². The summed E-state index contributed by atoms with van der Waals surface area (Å²) in [6, 6.07) is 0. The summed E-state index contributed by atoms with van der Waals surface area (Å²) in [6.07, 6.45) is 11.8. The van der Waals surface area contributed by atoms with E-state index in [0.29, 0.717) is 6.61 Å². The first kappa shape index (κ1) is 14.0. The molecule has 86 valence electrons. The number of hydrogen-bond acceptors (Lipinski definition) is 1. The zero-order valence-corrected chi connectivity index (χ0v) is 10.1. The first-order chi connectivity index (χ1) is 6.81. The highest BCUT2D eigenvalue weighted by Crippen LogP contribution is 2.14. The van der Waals surface area contributed by atoms with Crippen molar-refractivity contribution in [3.8, 4) is 0 Å². The molecule has 0 aliphatic heterocycles. The Morgan fingerprint density at radius 3 is 1.86 bits per heavy atom. The molecule has 1 atom stereocenters. The quantitative estimate of drug-likeness (QED) is 0.525. The van der Waals surface area contributed by atoms with Crippen molar-refractivity contribution < 1.29 is 5.11 Å². The molecule has 0 aromatic rings. The van der Waals surface area contributed by atoms with Crippen molar-refractivity contribution in [1.29, 1.82) is 0 Å². The molecule has 14 heavy (non-hydrogen) atoms. The van der Waals surface area contributed by atoms with E-state index < -0.39 is 0 Å². The van der Waals surface area contributed by atoms with E-state index in [-0.39, 0.29) is 0 Å². The lowest BCUT2D eigenvalue weighted by molar-refractivity contribution is 0.282. The van der Waals surface area contributed by atoms with Crippen LogP contribution in [0.3, 0.4) is 0 Å². The van der Waals surface area contributed by atoms with Gasteiger partial charge in [-0.25, -0.2) is 0 Å². The Morgan fingerprint density at radius 1 is 0.857 bits per heavy atom. The molecule has 0 fully saturated rings. The zero-order chi connectivity index (χ0) is 10.6. The molecule has 0 aliphatic rings. The maximum atomic E-state index is 8.60. The third-order valence-corrected chi connectivity index (χ3v) is 3.05. The van der Waals surface area contributed by atoms with Crippen molar-refractivity contribution in [2.45, 2.75) is 71.6 Å². The van der Waals surface area contributed by atoms with Gasteiger partial charge in [0.05, 0.1) is 0 Å². The van der Waals surface area contributed by atoms with Gasteiger partial charge >= 0.3 is 0 Å². The molecular weight excluding hydrogens is 172 g/mol. The largest absolute Gasteiger partial charge is 0.396 e. The number of aliphatic hydroxyl groups is 1. The van der Waals surface area contributed by atoms with Crippen LogP contribution in [-0.4, -0.2) is 11.7 Å². The van der Waals surface area contributed by atoms with E-state index in [1.807, 2.05) is 0 Å². The molecule has 1 heteroatoms. The Hall–Kier alpha value is -0.0400. The fraction of sp³-hybridized carbons (Fsp3) is 1.00. The van der Waals surface area contributed by atoms with Gasteiger partial charge in [-0.2, -0.15) is 0 Å². The van der Waals surface area contributed by atoms with Crippen LogP contribution in [0.1, 0.15) is 71.6 Å². The molecule has 0 saturated carbocycles. The fourth-order valence-corrected chi connectivity index (χ4v) is 1.69. The van der Waals surface area contributed by atoms with Gasteiger partial charge in [0.25, 0.3) is 0 Å². The molecule has 1 nitrogen and oxygen atoms in total. The first-order valence-electron chi connectivity index (χ1n) is 6.42. The van der Waals surface area contributed by atoms with Gasteiger partial charge in [-0.05, 0) is 12.3 Å². The van der Waals surface area contributed by atoms with Gasteiger partial charge in [0.1, 0.15) is 0 Å². The van der Waals surface area contributed by atoms with Gasteiger partial charge in [-0.15, -0.1) is 0 Å². The minimum Gasteiger partial charge on any atom is -0.396 e. The fourth-order valence-electron chi connectivity index (χ4n) is 1.69. The Bertz CT molecular complexity index is 101.